The van der Waals surface area contributed by atoms with Crippen molar-refractivity contribution in [2.75, 3.05) is 17.9 Å². The highest BCUT2D eigenvalue weighted by molar-refractivity contribution is 7.92. The quantitative estimate of drug-likeness (QED) is 0.577. The van der Waals surface area contributed by atoms with Gasteiger partial charge in [-0.3, -0.25) is 9.10 Å². The standard InChI is InChI=1S/C21H24N4O3S/c1-17-6-3-8-19(14-17)24(2)29(27,28)20-9-4-7-18(15-20)21(26)23-10-5-12-25-13-11-22-16-25/h3-4,6-9,11,13-16H,5,10,12H2,1-2H3,(H,23,26). The van der Waals surface area contributed by atoms with Crippen molar-refractivity contribution in [2.24, 2.45) is 0 Å². The predicted octanol–water partition coefficient (Wildman–Crippen LogP) is 2.84. The minimum Gasteiger partial charge on any atom is -0.352 e. The Kier molecular flexibility index (Phi) is 6.33. The van der Waals surface area contributed by atoms with Crippen molar-refractivity contribution >= 4 is 21.6 Å². The SMILES string of the molecule is Cc1cccc(N(C)S(=O)(=O)c2cccc(C(=O)NCCCn3ccnc3)c2)c1. The zero-order chi connectivity index (χ0) is 20.9. The molecule has 1 heterocycles. The van der Waals surface area contributed by atoms with Crippen LogP contribution in [0.3, 0.4) is 0 Å². The van der Waals surface area contributed by atoms with Crippen molar-refractivity contribution in [3.05, 3.63) is 78.4 Å². The molecule has 0 saturated heterocycles. The Morgan fingerprint density at radius 3 is 2.69 bits per heavy atom. The van der Waals surface area contributed by atoms with E-state index in [4.69, 9.17) is 0 Å². The van der Waals surface area contributed by atoms with Crippen LogP contribution in [-0.2, 0) is 16.6 Å². The number of nitrogens with zero attached hydrogens (tertiary/aromatic N) is 3. The molecule has 152 valence electrons. The number of imidazole rings is 1. The fraction of sp³-hybridized carbons (Fsp3) is 0.238. The van der Waals surface area contributed by atoms with Crippen LogP contribution in [0.5, 0.6) is 0 Å². The number of aryl methyl sites for hydroxylation is 2. The van der Waals surface area contributed by atoms with Gasteiger partial charge in [-0.1, -0.05) is 18.2 Å². The summed E-state index contributed by atoms with van der Waals surface area (Å²) in [6, 6.07) is 13.3. The van der Waals surface area contributed by atoms with E-state index in [9.17, 15) is 13.2 Å². The molecule has 0 radical (unpaired) electrons. The van der Waals surface area contributed by atoms with Gasteiger partial charge < -0.3 is 9.88 Å². The molecular weight excluding hydrogens is 388 g/mol. The number of rotatable bonds is 8. The fourth-order valence-electron chi connectivity index (χ4n) is 2.90. The van der Waals surface area contributed by atoms with Crippen LogP contribution in [0.1, 0.15) is 22.3 Å². The molecule has 1 N–H and O–H groups in total. The fourth-order valence-corrected chi connectivity index (χ4v) is 4.14. The summed E-state index contributed by atoms with van der Waals surface area (Å²) in [6.07, 6.45) is 6.04. The third-order valence-electron chi connectivity index (χ3n) is 4.56. The molecule has 0 aliphatic heterocycles. The van der Waals surface area contributed by atoms with Gasteiger partial charge in [0, 0.05) is 38.1 Å². The molecule has 8 heteroatoms. The molecule has 0 aliphatic rings. The Hall–Kier alpha value is -3.13. The van der Waals surface area contributed by atoms with Gasteiger partial charge in [-0.15, -0.1) is 0 Å². The van der Waals surface area contributed by atoms with Crippen LogP contribution in [0.4, 0.5) is 5.69 Å². The van der Waals surface area contributed by atoms with Crippen LogP contribution in [-0.4, -0.2) is 37.5 Å². The summed E-state index contributed by atoms with van der Waals surface area (Å²) in [5.74, 6) is -0.300. The molecule has 0 fully saturated rings. The topological polar surface area (TPSA) is 84.3 Å². The van der Waals surface area contributed by atoms with E-state index < -0.39 is 10.0 Å². The predicted molar refractivity (Wildman–Crippen MR) is 112 cm³/mol. The van der Waals surface area contributed by atoms with E-state index in [-0.39, 0.29) is 10.8 Å². The van der Waals surface area contributed by atoms with Gasteiger partial charge >= 0.3 is 0 Å². The summed E-state index contributed by atoms with van der Waals surface area (Å²) in [5.41, 5.74) is 1.85. The summed E-state index contributed by atoms with van der Waals surface area (Å²) in [6.45, 7) is 3.13. The molecule has 0 saturated carbocycles. The summed E-state index contributed by atoms with van der Waals surface area (Å²) in [4.78, 5) is 16.5. The molecule has 1 aromatic heterocycles. The molecule has 0 atom stereocenters. The number of hydrogen-bond acceptors (Lipinski definition) is 4. The highest BCUT2D eigenvalue weighted by Crippen LogP contribution is 2.23. The maximum absolute atomic E-state index is 13.0. The van der Waals surface area contributed by atoms with Crippen molar-refractivity contribution < 1.29 is 13.2 Å². The van der Waals surface area contributed by atoms with E-state index in [2.05, 4.69) is 10.3 Å². The molecule has 7 nitrogen and oxygen atoms in total. The molecule has 3 rings (SSSR count). The number of benzene rings is 2. The van der Waals surface area contributed by atoms with Gasteiger partial charge in [-0.2, -0.15) is 0 Å². The summed E-state index contributed by atoms with van der Waals surface area (Å²) < 4.78 is 29.1. The highest BCUT2D eigenvalue weighted by atomic mass is 32.2. The van der Waals surface area contributed by atoms with E-state index in [0.717, 1.165) is 18.5 Å². The number of sulfonamides is 1. The van der Waals surface area contributed by atoms with Crippen LogP contribution >= 0.6 is 0 Å². The normalized spacial score (nSPS) is 11.2. The maximum Gasteiger partial charge on any atom is 0.264 e. The molecule has 0 bridgehead atoms. The Balaban J connectivity index is 1.68. The van der Waals surface area contributed by atoms with Gasteiger partial charge in [-0.25, -0.2) is 13.4 Å². The number of hydrogen-bond donors (Lipinski definition) is 1. The van der Waals surface area contributed by atoms with Crippen LogP contribution < -0.4 is 9.62 Å². The number of carbonyl (C=O) groups is 1. The molecule has 0 unspecified atom stereocenters. The van der Waals surface area contributed by atoms with E-state index in [1.807, 2.05) is 29.8 Å². The second-order valence-electron chi connectivity index (χ2n) is 6.75. The smallest absolute Gasteiger partial charge is 0.264 e. The lowest BCUT2D eigenvalue weighted by Gasteiger charge is -2.20. The van der Waals surface area contributed by atoms with Crippen molar-refractivity contribution in [3.63, 3.8) is 0 Å². The molecule has 0 spiro atoms. The Morgan fingerprint density at radius 2 is 1.97 bits per heavy atom. The van der Waals surface area contributed by atoms with E-state index in [1.54, 1.807) is 36.8 Å². The first-order chi connectivity index (χ1) is 13.9. The summed E-state index contributed by atoms with van der Waals surface area (Å²) in [5, 5.41) is 2.83. The molecule has 0 aliphatic carbocycles. The molecular formula is C21H24N4O3S. The van der Waals surface area contributed by atoms with Gasteiger partial charge in [0.15, 0.2) is 0 Å². The van der Waals surface area contributed by atoms with Crippen LogP contribution in [0, 0.1) is 6.92 Å². The monoisotopic (exact) mass is 412 g/mol. The van der Waals surface area contributed by atoms with E-state index >= 15 is 0 Å². The first kappa shape index (κ1) is 20.6. The zero-order valence-electron chi connectivity index (χ0n) is 16.4. The maximum atomic E-state index is 13.0. The third-order valence-corrected chi connectivity index (χ3v) is 6.34. The van der Waals surface area contributed by atoms with Gasteiger partial charge in [0.25, 0.3) is 15.9 Å². The van der Waals surface area contributed by atoms with Gasteiger partial charge in [0.05, 0.1) is 16.9 Å². The number of anilines is 1. The van der Waals surface area contributed by atoms with Crippen LogP contribution in [0.2, 0.25) is 0 Å². The third kappa shape index (κ3) is 5.03. The van der Waals surface area contributed by atoms with Crippen molar-refractivity contribution in [1.29, 1.82) is 0 Å². The van der Waals surface area contributed by atoms with E-state index in [1.165, 1.54) is 23.5 Å². The minimum atomic E-state index is -3.78. The second kappa shape index (κ2) is 8.91. The number of amides is 1. The lowest BCUT2D eigenvalue weighted by atomic mass is 10.2. The average molecular weight is 413 g/mol. The highest BCUT2D eigenvalue weighted by Gasteiger charge is 2.22. The molecule has 3 aromatic rings. The average Bonchev–Trinajstić information content (AvgIpc) is 3.24. The van der Waals surface area contributed by atoms with Crippen LogP contribution in [0.15, 0.2) is 72.1 Å². The second-order valence-corrected chi connectivity index (χ2v) is 8.72. The van der Waals surface area contributed by atoms with Crippen molar-refractivity contribution in [3.8, 4) is 0 Å². The Labute approximate surface area is 171 Å². The summed E-state index contributed by atoms with van der Waals surface area (Å²) >= 11 is 0. The van der Waals surface area contributed by atoms with Crippen LogP contribution in [0.25, 0.3) is 0 Å². The largest absolute Gasteiger partial charge is 0.352 e. The van der Waals surface area contributed by atoms with E-state index in [0.29, 0.717) is 17.8 Å². The molecule has 1 amide bonds. The van der Waals surface area contributed by atoms with Crippen molar-refractivity contribution in [1.82, 2.24) is 14.9 Å². The Bertz CT molecular complexity index is 1080. The number of carbonyl (C=O) groups excluding carboxylic acids is 1. The zero-order valence-corrected chi connectivity index (χ0v) is 17.3. The first-order valence-electron chi connectivity index (χ1n) is 9.27. The Morgan fingerprint density at radius 1 is 1.17 bits per heavy atom. The van der Waals surface area contributed by atoms with Gasteiger partial charge in [-0.05, 0) is 49.2 Å². The number of aromatic nitrogens is 2. The minimum absolute atomic E-state index is 0.0765. The summed E-state index contributed by atoms with van der Waals surface area (Å²) in [7, 11) is -2.27. The lowest BCUT2D eigenvalue weighted by Crippen LogP contribution is -2.28. The van der Waals surface area contributed by atoms with Gasteiger partial charge in [0.2, 0.25) is 0 Å². The van der Waals surface area contributed by atoms with Crippen molar-refractivity contribution in [2.45, 2.75) is 24.8 Å². The number of nitrogens with one attached hydrogen (secondary N) is 1. The first-order valence-corrected chi connectivity index (χ1v) is 10.7. The lowest BCUT2D eigenvalue weighted by molar-refractivity contribution is 0.0952. The van der Waals surface area contributed by atoms with Gasteiger partial charge in [0.1, 0.15) is 0 Å². The molecule has 29 heavy (non-hydrogen) atoms. The molecule has 2 aromatic carbocycles.